The Kier molecular flexibility index (Phi) is 6.26. The van der Waals surface area contributed by atoms with E-state index in [4.69, 9.17) is 10.2 Å². The third-order valence-corrected chi connectivity index (χ3v) is 6.42. The van der Waals surface area contributed by atoms with E-state index in [9.17, 15) is 4.79 Å². The topological polar surface area (TPSA) is 65.2 Å². The molecule has 0 unspecified atom stereocenters. The molecule has 0 radical (unpaired) electrons. The van der Waals surface area contributed by atoms with Crippen molar-refractivity contribution < 1.29 is 4.79 Å². The Labute approximate surface area is 199 Å². The standard InChI is InChI=1S/C28H27N5O/c29-21-22-11-13-23(14-12-22)31-17-6-18-32(20-19-31)28(34)16-15-27-30-25-9-4-5-10-26(25)33(27)24-7-2-1-3-8-24/h1-5,7-14H,6,15-20H2. The van der Waals surface area contributed by atoms with Crippen molar-refractivity contribution in [2.75, 3.05) is 31.1 Å². The summed E-state index contributed by atoms with van der Waals surface area (Å²) in [4.78, 5) is 22.3. The Morgan fingerprint density at radius 2 is 1.62 bits per heavy atom. The van der Waals surface area contributed by atoms with Gasteiger partial charge < -0.3 is 9.80 Å². The molecule has 1 aliphatic heterocycles. The van der Waals surface area contributed by atoms with Crippen LogP contribution in [0.3, 0.4) is 0 Å². The molecule has 1 amide bonds. The number of hydrogen-bond acceptors (Lipinski definition) is 4. The van der Waals surface area contributed by atoms with Crippen LogP contribution in [0, 0.1) is 11.3 Å². The summed E-state index contributed by atoms with van der Waals surface area (Å²) in [6, 6.07) is 28.2. The summed E-state index contributed by atoms with van der Waals surface area (Å²) in [5, 5.41) is 9.02. The summed E-state index contributed by atoms with van der Waals surface area (Å²) in [6.45, 7) is 3.16. The summed E-state index contributed by atoms with van der Waals surface area (Å²) in [5.41, 5.74) is 4.83. The quantitative estimate of drug-likeness (QED) is 0.448. The lowest BCUT2D eigenvalue weighted by Gasteiger charge is -2.24. The zero-order chi connectivity index (χ0) is 23.3. The number of para-hydroxylation sites is 3. The molecule has 0 bridgehead atoms. The number of imidazole rings is 1. The van der Waals surface area contributed by atoms with Gasteiger partial charge in [-0.25, -0.2) is 4.98 Å². The number of rotatable bonds is 5. The van der Waals surface area contributed by atoms with Gasteiger partial charge in [-0.05, 0) is 55.0 Å². The van der Waals surface area contributed by atoms with Crippen molar-refractivity contribution in [2.24, 2.45) is 0 Å². The largest absolute Gasteiger partial charge is 0.370 e. The minimum Gasteiger partial charge on any atom is -0.370 e. The van der Waals surface area contributed by atoms with E-state index >= 15 is 0 Å². The molecule has 1 saturated heterocycles. The second kappa shape index (κ2) is 9.80. The monoisotopic (exact) mass is 449 g/mol. The van der Waals surface area contributed by atoms with Crippen molar-refractivity contribution in [3.63, 3.8) is 0 Å². The lowest BCUT2D eigenvalue weighted by atomic mass is 10.2. The van der Waals surface area contributed by atoms with Gasteiger partial charge in [-0.1, -0.05) is 30.3 Å². The number of hydrogen-bond donors (Lipinski definition) is 0. The van der Waals surface area contributed by atoms with E-state index in [1.54, 1.807) is 0 Å². The molecule has 1 fully saturated rings. The average Bonchev–Trinajstić information content (AvgIpc) is 3.08. The first-order chi connectivity index (χ1) is 16.7. The van der Waals surface area contributed by atoms with Crippen molar-refractivity contribution in [2.45, 2.75) is 19.3 Å². The third-order valence-electron chi connectivity index (χ3n) is 6.42. The second-order valence-corrected chi connectivity index (χ2v) is 8.57. The van der Waals surface area contributed by atoms with Crippen molar-refractivity contribution in [3.8, 4) is 11.8 Å². The lowest BCUT2D eigenvalue weighted by Crippen LogP contribution is -2.35. The highest BCUT2D eigenvalue weighted by Crippen LogP contribution is 2.23. The Morgan fingerprint density at radius 3 is 2.41 bits per heavy atom. The van der Waals surface area contributed by atoms with Gasteiger partial charge in [0.2, 0.25) is 5.91 Å². The second-order valence-electron chi connectivity index (χ2n) is 8.57. The SMILES string of the molecule is N#Cc1ccc(N2CCCN(C(=O)CCc3nc4ccccc4n3-c3ccccc3)CC2)cc1. The van der Waals surface area contributed by atoms with E-state index in [2.05, 4.69) is 33.7 Å². The number of benzene rings is 3. The van der Waals surface area contributed by atoms with Crippen LogP contribution >= 0.6 is 0 Å². The Morgan fingerprint density at radius 1 is 0.853 bits per heavy atom. The minimum absolute atomic E-state index is 0.174. The average molecular weight is 450 g/mol. The van der Waals surface area contributed by atoms with Crippen LogP contribution < -0.4 is 4.90 Å². The molecule has 5 rings (SSSR count). The van der Waals surface area contributed by atoms with Gasteiger partial charge in [0.1, 0.15) is 5.82 Å². The van der Waals surface area contributed by atoms with Crippen LogP contribution in [-0.4, -0.2) is 46.5 Å². The molecule has 1 aliphatic rings. The van der Waals surface area contributed by atoms with Gasteiger partial charge in [0.05, 0.1) is 22.7 Å². The number of carbonyl (C=O) groups is 1. The maximum Gasteiger partial charge on any atom is 0.223 e. The maximum absolute atomic E-state index is 13.1. The molecule has 170 valence electrons. The van der Waals surface area contributed by atoms with Crippen LogP contribution in [0.4, 0.5) is 5.69 Å². The molecule has 6 heteroatoms. The molecule has 0 atom stereocenters. The molecule has 0 N–H and O–H groups in total. The number of amides is 1. The molecule has 1 aromatic heterocycles. The number of fused-ring (bicyclic) bond motifs is 1. The van der Waals surface area contributed by atoms with Gasteiger partial charge in [-0.3, -0.25) is 9.36 Å². The van der Waals surface area contributed by atoms with Crippen molar-refractivity contribution >= 4 is 22.6 Å². The zero-order valence-corrected chi connectivity index (χ0v) is 19.1. The smallest absolute Gasteiger partial charge is 0.223 e. The molecular formula is C28H27N5O. The number of carbonyl (C=O) groups excluding carboxylic acids is 1. The predicted molar refractivity (Wildman–Crippen MR) is 134 cm³/mol. The Bertz CT molecular complexity index is 1320. The molecule has 3 aromatic carbocycles. The summed E-state index contributed by atoms with van der Waals surface area (Å²) < 4.78 is 2.16. The fourth-order valence-electron chi connectivity index (χ4n) is 4.66. The Balaban J connectivity index is 1.27. The third kappa shape index (κ3) is 4.51. The molecule has 34 heavy (non-hydrogen) atoms. The van der Waals surface area contributed by atoms with E-state index < -0.39 is 0 Å². The highest BCUT2D eigenvalue weighted by molar-refractivity contribution is 5.79. The fraction of sp³-hybridized carbons (Fsp3) is 0.250. The lowest BCUT2D eigenvalue weighted by molar-refractivity contribution is -0.130. The summed E-state index contributed by atoms with van der Waals surface area (Å²) in [7, 11) is 0. The number of aromatic nitrogens is 2. The zero-order valence-electron chi connectivity index (χ0n) is 19.1. The van der Waals surface area contributed by atoms with Gasteiger partial charge in [0.15, 0.2) is 0 Å². The summed E-state index contributed by atoms with van der Waals surface area (Å²) in [5.74, 6) is 1.09. The summed E-state index contributed by atoms with van der Waals surface area (Å²) >= 11 is 0. The van der Waals surface area contributed by atoms with E-state index in [1.807, 2.05) is 65.6 Å². The molecular weight excluding hydrogens is 422 g/mol. The van der Waals surface area contributed by atoms with Crippen LogP contribution in [0.5, 0.6) is 0 Å². The Hall–Kier alpha value is -4.11. The van der Waals surface area contributed by atoms with Crippen LogP contribution in [0.15, 0.2) is 78.9 Å². The van der Waals surface area contributed by atoms with Crippen LogP contribution in [0.1, 0.15) is 24.2 Å². The molecule has 0 aliphatic carbocycles. The van der Waals surface area contributed by atoms with Crippen LogP contribution in [0.2, 0.25) is 0 Å². The van der Waals surface area contributed by atoms with Gasteiger partial charge in [-0.15, -0.1) is 0 Å². The van der Waals surface area contributed by atoms with E-state index in [-0.39, 0.29) is 5.91 Å². The first-order valence-corrected chi connectivity index (χ1v) is 11.8. The first kappa shape index (κ1) is 21.7. The molecule has 4 aromatic rings. The first-order valence-electron chi connectivity index (χ1n) is 11.8. The van der Waals surface area contributed by atoms with Crippen molar-refractivity contribution in [1.29, 1.82) is 5.26 Å². The molecule has 6 nitrogen and oxygen atoms in total. The highest BCUT2D eigenvalue weighted by atomic mass is 16.2. The normalized spacial score (nSPS) is 14.1. The van der Waals surface area contributed by atoms with Gasteiger partial charge >= 0.3 is 0 Å². The van der Waals surface area contributed by atoms with Crippen molar-refractivity contribution in [3.05, 3.63) is 90.3 Å². The van der Waals surface area contributed by atoms with Gasteiger partial charge in [0.25, 0.3) is 0 Å². The number of nitrogens with zero attached hydrogens (tertiary/aromatic N) is 5. The highest BCUT2D eigenvalue weighted by Gasteiger charge is 2.21. The predicted octanol–water partition coefficient (Wildman–Crippen LogP) is 4.57. The van der Waals surface area contributed by atoms with E-state index in [1.165, 1.54) is 0 Å². The van der Waals surface area contributed by atoms with Crippen LogP contribution in [-0.2, 0) is 11.2 Å². The maximum atomic E-state index is 13.1. The number of aryl methyl sites for hydroxylation is 1. The van der Waals surface area contributed by atoms with Gasteiger partial charge in [0, 0.05) is 50.4 Å². The number of nitriles is 1. The van der Waals surface area contributed by atoms with E-state index in [0.29, 0.717) is 24.9 Å². The van der Waals surface area contributed by atoms with Crippen molar-refractivity contribution in [1.82, 2.24) is 14.5 Å². The van der Waals surface area contributed by atoms with Crippen LogP contribution in [0.25, 0.3) is 16.7 Å². The minimum atomic E-state index is 0.174. The van der Waals surface area contributed by atoms with Gasteiger partial charge in [-0.2, -0.15) is 5.26 Å². The number of anilines is 1. The molecule has 0 saturated carbocycles. The molecule has 0 spiro atoms. The van der Waals surface area contributed by atoms with E-state index in [0.717, 1.165) is 54.3 Å². The fourth-order valence-corrected chi connectivity index (χ4v) is 4.66. The summed E-state index contributed by atoms with van der Waals surface area (Å²) in [6.07, 6.45) is 1.96. The molecule has 2 heterocycles.